The highest BCUT2D eigenvalue weighted by Crippen LogP contribution is 2.25. The van der Waals surface area contributed by atoms with Crippen molar-refractivity contribution >= 4 is 50.1 Å². The maximum Gasteiger partial charge on any atom is 0.335 e. The SMILES string of the molecule is Cn1c(=O)n(-c2ccc(C[C@H](NC(=O)c3cc(F)c(NS(=O)(=O)c4ccc(NC(=O)C5CCNCC5)cc4)cc3F)C(=O)O)cc2)c(=O)c2ccncc21. The minimum Gasteiger partial charge on any atom is -0.480 e. The number of halogens is 2. The molecular formula is C36H33F2N7O8S. The van der Waals surface area contributed by atoms with Crippen LogP contribution in [0, 0.1) is 17.6 Å². The van der Waals surface area contributed by atoms with Crippen LogP contribution in [0.15, 0.2) is 93.6 Å². The molecule has 0 bridgehead atoms. The van der Waals surface area contributed by atoms with Crippen molar-refractivity contribution < 1.29 is 36.7 Å². The predicted octanol–water partition coefficient (Wildman–Crippen LogP) is 2.53. The molecule has 1 saturated heterocycles. The topological polar surface area (TPSA) is 211 Å². The molecule has 1 atom stereocenters. The third kappa shape index (κ3) is 7.88. The molecule has 5 aromatic rings. The smallest absolute Gasteiger partial charge is 0.335 e. The van der Waals surface area contributed by atoms with Gasteiger partial charge in [0.1, 0.15) is 17.7 Å². The summed E-state index contributed by atoms with van der Waals surface area (Å²) in [6.45, 7) is 1.43. The number of fused-ring (bicyclic) bond motifs is 1. The van der Waals surface area contributed by atoms with Gasteiger partial charge in [-0.25, -0.2) is 31.4 Å². The molecule has 3 aromatic carbocycles. The molecule has 280 valence electrons. The van der Waals surface area contributed by atoms with E-state index in [4.69, 9.17) is 0 Å². The number of benzene rings is 3. The summed E-state index contributed by atoms with van der Waals surface area (Å²) in [6, 6.07) is 11.6. The van der Waals surface area contributed by atoms with E-state index in [9.17, 15) is 37.5 Å². The summed E-state index contributed by atoms with van der Waals surface area (Å²) in [4.78, 5) is 67.2. The number of sulfonamides is 1. The highest BCUT2D eigenvalue weighted by molar-refractivity contribution is 7.92. The number of hydrogen-bond acceptors (Lipinski definition) is 9. The first kappa shape index (κ1) is 37.5. The van der Waals surface area contributed by atoms with Crippen LogP contribution < -0.4 is 31.9 Å². The Balaban J connectivity index is 1.12. The quantitative estimate of drug-likeness (QED) is 0.133. The average molecular weight is 762 g/mol. The van der Waals surface area contributed by atoms with Gasteiger partial charge in [0.25, 0.3) is 21.5 Å². The van der Waals surface area contributed by atoms with Crippen molar-refractivity contribution in [2.24, 2.45) is 13.0 Å². The number of carbonyl (C=O) groups excluding carboxylic acids is 2. The lowest BCUT2D eigenvalue weighted by Crippen LogP contribution is -2.42. The number of aryl methyl sites for hydroxylation is 1. The number of hydrogen-bond donors (Lipinski definition) is 5. The zero-order valence-electron chi connectivity index (χ0n) is 28.5. The number of pyridine rings is 1. The van der Waals surface area contributed by atoms with Crippen molar-refractivity contribution in [3.8, 4) is 5.69 Å². The molecule has 6 rings (SSSR count). The normalized spacial score (nSPS) is 14.0. The van der Waals surface area contributed by atoms with Gasteiger partial charge in [-0.3, -0.25) is 28.7 Å². The van der Waals surface area contributed by atoms with Crippen LogP contribution in [0.4, 0.5) is 20.2 Å². The molecule has 5 N–H and O–H groups in total. The van der Waals surface area contributed by atoms with Crippen LogP contribution in [0.1, 0.15) is 28.8 Å². The van der Waals surface area contributed by atoms with E-state index in [1.807, 2.05) is 4.72 Å². The summed E-state index contributed by atoms with van der Waals surface area (Å²) in [5.74, 6) is -5.81. The summed E-state index contributed by atoms with van der Waals surface area (Å²) in [5.41, 5.74) is -1.67. The van der Waals surface area contributed by atoms with Gasteiger partial charge in [0.15, 0.2) is 0 Å². The summed E-state index contributed by atoms with van der Waals surface area (Å²) in [7, 11) is -2.97. The van der Waals surface area contributed by atoms with E-state index in [-0.39, 0.29) is 34.2 Å². The summed E-state index contributed by atoms with van der Waals surface area (Å²) >= 11 is 0. The van der Waals surface area contributed by atoms with Crippen LogP contribution in [0.5, 0.6) is 0 Å². The van der Waals surface area contributed by atoms with E-state index < -0.39 is 62.1 Å². The molecule has 18 heteroatoms. The van der Waals surface area contributed by atoms with Gasteiger partial charge in [0.05, 0.1) is 38.9 Å². The Morgan fingerprint density at radius 1 is 0.981 bits per heavy atom. The number of aliphatic carboxylic acids is 1. The highest BCUT2D eigenvalue weighted by atomic mass is 32.2. The third-order valence-corrected chi connectivity index (χ3v) is 10.4. The van der Waals surface area contributed by atoms with Gasteiger partial charge in [-0.2, -0.15) is 0 Å². The molecule has 3 heterocycles. The van der Waals surface area contributed by atoms with Crippen LogP contribution in [-0.4, -0.2) is 64.6 Å². The predicted molar refractivity (Wildman–Crippen MR) is 193 cm³/mol. The van der Waals surface area contributed by atoms with E-state index in [0.29, 0.717) is 54.8 Å². The second kappa shape index (κ2) is 15.4. The molecule has 0 unspecified atom stereocenters. The molecule has 15 nitrogen and oxygen atoms in total. The monoisotopic (exact) mass is 761 g/mol. The number of aromatic nitrogens is 3. The van der Waals surface area contributed by atoms with Gasteiger partial charge in [-0.1, -0.05) is 12.1 Å². The number of nitrogens with zero attached hydrogens (tertiary/aromatic N) is 3. The highest BCUT2D eigenvalue weighted by Gasteiger charge is 2.26. The van der Waals surface area contributed by atoms with E-state index in [0.717, 1.165) is 4.57 Å². The first-order valence-electron chi connectivity index (χ1n) is 16.6. The Morgan fingerprint density at radius 2 is 1.67 bits per heavy atom. The van der Waals surface area contributed by atoms with Gasteiger partial charge in [-0.05, 0) is 80.0 Å². The minimum atomic E-state index is -4.45. The lowest BCUT2D eigenvalue weighted by molar-refractivity contribution is -0.139. The van der Waals surface area contributed by atoms with Gasteiger partial charge < -0.3 is 21.1 Å². The second-order valence-electron chi connectivity index (χ2n) is 12.6. The van der Waals surface area contributed by atoms with Gasteiger partial charge in [-0.15, -0.1) is 0 Å². The molecule has 1 fully saturated rings. The lowest BCUT2D eigenvalue weighted by Gasteiger charge is -2.21. The standard InChI is InChI=1S/C36H33F2N7O8S/c1-44-31-19-40-15-12-25(31)34(48)45(36(44)51)23-6-2-20(3-7-23)16-30(35(49)50)42-33(47)26-17-28(38)29(18-27(26)37)43-54(52,53)24-8-4-22(5-9-24)41-32(46)21-10-13-39-14-11-21/h2-9,12,15,17-19,21,30,39,43H,10-11,13-14,16H2,1H3,(H,41,46)(H,42,47)(H,49,50)/t30-/m0/s1. The van der Waals surface area contributed by atoms with Crippen LogP contribution in [-0.2, 0) is 33.1 Å². The first-order chi connectivity index (χ1) is 25.7. The molecule has 2 aromatic heterocycles. The fourth-order valence-electron chi connectivity index (χ4n) is 6.02. The molecule has 1 aliphatic rings. The maximum atomic E-state index is 15.1. The molecule has 0 saturated carbocycles. The van der Waals surface area contributed by atoms with Crippen molar-refractivity contribution in [1.82, 2.24) is 24.8 Å². The van der Waals surface area contributed by atoms with E-state index in [1.165, 1.54) is 78.6 Å². The Bertz CT molecular complexity index is 2500. The van der Waals surface area contributed by atoms with Gasteiger partial charge in [0, 0.05) is 37.3 Å². The average Bonchev–Trinajstić information content (AvgIpc) is 3.16. The largest absolute Gasteiger partial charge is 0.480 e. The van der Waals surface area contributed by atoms with Crippen molar-refractivity contribution in [2.45, 2.75) is 30.2 Å². The minimum absolute atomic E-state index is 0.180. The van der Waals surface area contributed by atoms with Crippen molar-refractivity contribution in [1.29, 1.82) is 0 Å². The Labute approximate surface area is 305 Å². The Morgan fingerprint density at radius 3 is 2.33 bits per heavy atom. The van der Waals surface area contributed by atoms with Crippen LogP contribution in [0.3, 0.4) is 0 Å². The van der Waals surface area contributed by atoms with E-state index in [2.05, 4.69) is 20.9 Å². The number of carboxylic acid groups (broad SMARTS) is 1. The molecule has 1 aliphatic heterocycles. The summed E-state index contributed by atoms with van der Waals surface area (Å²) in [5, 5.41) is 18.1. The molecular weight excluding hydrogens is 728 g/mol. The van der Waals surface area contributed by atoms with Crippen LogP contribution in [0.25, 0.3) is 16.6 Å². The molecule has 0 spiro atoms. The summed E-state index contributed by atoms with van der Waals surface area (Å²) < 4.78 is 60.4. The number of anilines is 2. The number of carboxylic acids is 1. The van der Waals surface area contributed by atoms with Crippen LogP contribution >= 0.6 is 0 Å². The van der Waals surface area contributed by atoms with Gasteiger partial charge in [0.2, 0.25) is 5.91 Å². The molecule has 2 amide bonds. The maximum absolute atomic E-state index is 15.1. The molecule has 0 radical (unpaired) electrons. The zero-order valence-corrected chi connectivity index (χ0v) is 29.3. The van der Waals surface area contributed by atoms with E-state index in [1.54, 1.807) is 0 Å². The number of rotatable bonds is 11. The number of carbonyl (C=O) groups is 3. The van der Waals surface area contributed by atoms with E-state index >= 15 is 8.78 Å². The first-order valence-corrected chi connectivity index (χ1v) is 18.0. The van der Waals surface area contributed by atoms with Crippen molar-refractivity contribution in [3.05, 3.63) is 123 Å². The van der Waals surface area contributed by atoms with Gasteiger partial charge >= 0.3 is 11.7 Å². The second-order valence-corrected chi connectivity index (χ2v) is 14.2. The molecule has 54 heavy (non-hydrogen) atoms. The third-order valence-electron chi connectivity index (χ3n) is 9.00. The number of nitrogens with one attached hydrogen (secondary N) is 4. The number of amides is 2. The zero-order chi connectivity index (χ0) is 38.7. The van der Waals surface area contributed by atoms with Crippen molar-refractivity contribution in [2.75, 3.05) is 23.1 Å². The Hall–Kier alpha value is -6.27. The Kier molecular flexibility index (Phi) is 10.7. The summed E-state index contributed by atoms with van der Waals surface area (Å²) in [6.07, 6.45) is 3.83. The lowest BCUT2D eigenvalue weighted by atomic mass is 9.97. The fourth-order valence-corrected chi connectivity index (χ4v) is 7.08. The van der Waals surface area contributed by atoms with Crippen LogP contribution in [0.2, 0.25) is 0 Å². The van der Waals surface area contributed by atoms with Crippen molar-refractivity contribution in [3.63, 3.8) is 0 Å². The fraction of sp³-hybridized carbons (Fsp3) is 0.222. The number of piperidine rings is 1. The molecule has 0 aliphatic carbocycles.